The second kappa shape index (κ2) is 7.09. The number of methoxy groups -OCH3 is 1. The van der Waals surface area contributed by atoms with E-state index in [0.717, 1.165) is 22.6 Å². The van der Waals surface area contributed by atoms with Gasteiger partial charge in [-0.05, 0) is 39.0 Å². The number of thioether (sulfide) groups is 1. The van der Waals surface area contributed by atoms with Gasteiger partial charge in [0.2, 0.25) is 5.89 Å². The van der Waals surface area contributed by atoms with Crippen LogP contribution in [-0.2, 0) is 5.75 Å². The lowest BCUT2D eigenvalue weighted by Crippen LogP contribution is -1.91. The third kappa shape index (κ3) is 3.79. The molecule has 24 heavy (non-hydrogen) atoms. The van der Waals surface area contributed by atoms with E-state index in [0.29, 0.717) is 11.1 Å². The second-order valence-corrected chi connectivity index (χ2v) is 6.78. The first-order chi connectivity index (χ1) is 11.5. The first-order valence-corrected chi connectivity index (χ1v) is 8.72. The number of ether oxygens (including phenoxy) is 1. The van der Waals surface area contributed by atoms with Crippen molar-refractivity contribution in [3.05, 3.63) is 58.7 Å². The average Bonchev–Trinajstić information content (AvgIpc) is 3.01. The maximum atomic E-state index is 5.81. The van der Waals surface area contributed by atoms with Gasteiger partial charge in [0.25, 0.3) is 5.22 Å². The fourth-order valence-corrected chi connectivity index (χ4v) is 3.38. The molecule has 0 bridgehead atoms. The Morgan fingerprint density at radius 3 is 2.42 bits per heavy atom. The van der Waals surface area contributed by atoms with Crippen molar-refractivity contribution in [2.75, 3.05) is 7.11 Å². The SMILES string of the molecule is COc1ccc(C)cc1CSc1nnc(-c2cc(C)cc(C)c2)o1. The van der Waals surface area contributed by atoms with E-state index in [4.69, 9.17) is 9.15 Å². The number of hydrogen-bond acceptors (Lipinski definition) is 5. The van der Waals surface area contributed by atoms with Crippen molar-refractivity contribution in [1.82, 2.24) is 10.2 Å². The molecule has 0 saturated heterocycles. The molecule has 0 N–H and O–H groups in total. The molecular weight excluding hydrogens is 320 g/mol. The molecule has 0 aliphatic rings. The Morgan fingerprint density at radius 1 is 0.958 bits per heavy atom. The van der Waals surface area contributed by atoms with Crippen LogP contribution in [0, 0.1) is 20.8 Å². The Bertz CT molecular complexity index is 838. The van der Waals surface area contributed by atoms with Crippen LogP contribution < -0.4 is 4.74 Å². The molecule has 0 fully saturated rings. The van der Waals surface area contributed by atoms with Gasteiger partial charge in [-0.15, -0.1) is 10.2 Å². The van der Waals surface area contributed by atoms with Crippen LogP contribution in [0.1, 0.15) is 22.3 Å². The van der Waals surface area contributed by atoms with Crippen molar-refractivity contribution in [1.29, 1.82) is 0 Å². The minimum Gasteiger partial charge on any atom is -0.496 e. The van der Waals surface area contributed by atoms with Gasteiger partial charge < -0.3 is 9.15 Å². The van der Waals surface area contributed by atoms with Gasteiger partial charge in [0.05, 0.1) is 7.11 Å². The highest BCUT2D eigenvalue weighted by Gasteiger charge is 2.11. The van der Waals surface area contributed by atoms with Gasteiger partial charge in [0.15, 0.2) is 0 Å². The summed E-state index contributed by atoms with van der Waals surface area (Å²) in [6.45, 7) is 6.19. The van der Waals surface area contributed by atoms with Crippen LogP contribution in [0.3, 0.4) is 0 Å². The molecular formula is C19H20N2O2S. The first-order valence-electron chi connectivity index (χ1n) is 7.73. The summed E-state index contributed by atoms with van der Waals surface area (Å²) < 4.78 is 11.2. The number of rotatable bonds is 5. The third-order valence-electron chi connectivity index (χ3n) is 3.66. The fourth-order valence-electron chi connectivity index (χ4n) is 2.64. The normalized spacial score (nSPS) is 10.8. The number of aryl methyl sites for hydroxylation is 3. The maximum Gasteiger partial charge on any atom is 0.277 e. The summed E-state index contributed by atoms with van der Waals surface area (Å²) in [5.41, 5.74) is 5.64. The van der Waals surface area contributed by atoms with E-state index < -0.39 is 0 Å². The summed E-state index contributed by atoms with van der Waals surface area (Å²) in [4.78, 5) is 0. The van der Waals surface area contributed by atoms with E-state index in [9.17, 15) is 0 Å². The molecule has 0 aliphatic heterocycles. The zero-order valence-corrected chi connectivity index (χ0v) is 15.1. The average molecular weight is 340 g/mol. The fraction of sp³-hybridized carbons (Fsp3) is 0.263. The van der Waals surface area contributed by atoms with Crippen molar-refractivity contribution in [2.45, 2.75) is 31.7 Å². The largest absolute Gasteiger partial charge is 0.496 e. The molecule has 3 rings (SSSR count). The van der Waals surface area contributed by atoms with Gasteiger partial charge in [-0.1, -0.05) is 46.7 Å². The molecule has 0 saturated carbocycles. The molecule has 4 nitrogen and oxygen atoms in total. The van der Waals surface area contributed by atoms with E-state index >= 15 is 0 Å². The van der Waals surface area contributed by atoms with Gasteiger partial charge >= 0.3 is 0 Å². The van der Waals surface area contributed by atoms with Crippen molar-refractivity contribution >= 4 is 11.8 Å². The first kappa shape index (κ1) is 16.6. The highest BCUT2D eigenvalue weighted by Crippen LogP contribution is 2.30. The summed E-state index contributed by atoms with van der Waals surface area (Å²) in [5.74, 6) is 2.15. The molecule has 0 aliphatic carbocycles. The Kier molecular flexibility index (Phi) is 4.90. The molecule has 0 spiro atoms. The lowest BCUT2D eigenvalue weighted by Gasteiger charge is -2.07. The Balaban J connectivity index is 1.76. The summed E-state index contributed by atoms with van der Waals surface area (Å²) in [6.07, 6.45) is 0. The molecule has 0 radical (unpaired) electrons. The predicted molar refractivity (Wildman–Crippen MR) is 96.5 cm³/mol. The van der Waals surface area contributed by atoms with Gasteiger partial charge in [0, 0.05) is 16.9 Å². The molecule has 124 valence electrons. The van der Waals surface area contributed by atoms with E-state index in [2.05, 4.69) is 55.2 Å². The Hall–Kier alpha value is -2.27. The van der Waals surface area contributed by atoms with Crippen LogP contribution in [0.4, 0.5) is 0 Å². The van der Waals surface area contributed by atoms with Crippen LogP contribution in [-0.4, -0.2) is 17.3 Å². The molecule has 3 aromatic rings. The third-order valence-corrected chi connectivity index (χ3v) is 4.53. The van der Waals surface area contributed by atoms with Crippen LogP contribution in [0.5, 0.6) is 5.75 Å². The number of aromatic nitrogens is 2. The minimum absolute atomic E-state index is 0.556. The minimum atomic E-state index is 0.556. The highest BCUT2D eigenvalue weighted by molar-refractivity contribution is 7.98. The number of benzene rings is 2. The summed E-state index contributed by atoms with van der Waals surface area (Å²) >= 11 is 1.52. The van der Waals surface area contributed by atoms with Gasteiger partial charge in [-0.2, -0.15) is 0 Å². The van der Waals surface area contributed by atoms with Crippen molar-refractivity contribution in [2.24, 2.45) is 0 Å². The molecule has 2 aromatic carbocycles. The summed E-state index contributed by atoms with van der Waals surface area (Å²) in [5, 5.41) is 8.89. The molecule has 0 atom stereocenters. The topological polar surface area (TPSA) is 48.2 Å². The lowest BCUT2D eigenvalue weighted by atomic mass is 10.1. The highest BCUT2D eigenvalue weighted by atomic mass is 32.2. The van der Waals surface area contributed by atoms with Crippen molar-refractivity contribution in [3.8, 4) is 17.2 Å². The zero-order chi connectivity index (χ0) is 17.1. The molecule has 1 heterocycles. The van der Waals surface area contributed by atoms with Gasteiger partial charge in [-0.25, -0.2) is 0 Å². The number of hydrogen-bond donors (Lipinski definition) is 0. The number of nitrogens with zero attached hydrogens (tertiary/aromatic N) is 2. The van der Waals surface area contributed by atoms with E-state index in [-0.39, 0.29) is 0 Å². The lowest BCUT2D eigenvalue weighted by molar-refractivity contribution is 0.411. The van der Waals surface area contributed by atoms with E-state index in [1.165, 1.54) is 28.5 Å². The van der Waals surface area contributed by atoms with E-state index in [1.807, 2.05) is 12.1 Å². The summed E-state index contributed by atoms with van der Waals surface area (Å²) in [6, 6.07) is 12.4. The Labute approximate surface area is 146 Å². The van der Waals surface area contributed by atoms with Crippen LogP contribution in [0.25, 0.3) is 11.5 Å². The quantitative estimate of drug-likeness (QED) is 0.614. The molecule has 5 heteroatoms. The van der Waals surface area contributed by atoms with Crippen LogP contribution in [0.15, 0.2) is 46.0 Å². The molecule has 0 amide bonds. The summed E-state index contributed by atoms with van der Waals surface area (Å²) in [7, 11) is 1.68. The zero-order valence-electron chi connectivity index (χ0n) is 14.3. The smallest absolute Gasteiger partial charge is 0.277 e. The maximum absolute atomic E-state index is 5.81. The van der Waals surface area contributed by atoms with Crippen LogP contribution >= 0.6 is 11.8 Å². The predicted octanol–water partition coefficient (Wildman–Crippen LogP) is 4.96. The molecule has 1 aromatic heterocycles. The monoisotopic (exact) mass is 340 g/mol. The van der Waals surface area contributed by atoms with Crippen molar-refractivity contribution in [3.63, 3.8) is 0 Å². The standard InChI is InChI=1S/C19H20N2O2S/c1-12-5-6-17(22-4)16(8-12)11-24-19-21-20-18(23-19)15-9-13(2)7-14(3)10-15/h5-10H,11H2,1-4H3. The van der Waals surface area contributed by atoms with Crippen molar-refractivity contribution < 1.29 is 9.15 Å². The van der Waals surface area contributed by atoms with E-state index in [1.54, 1.807) is 7.11 Å². The van der Waals surface area contributed by atoms with Crippen LogP contribution in [0.2, 0.25) is 0 Å². The second-order valence-electron chi connectivity index (χ2n) is 5.85. The Morgan fingerprint density at radius 2 is 1.71 bits per heavy atom. The van der Waals surface area contributed by atoms with Gasteiger partial charge in [-0.3, -0.25) is 0 Å². The molecule has 0 unspecified atom stereocenters. The van der Waals surface area contributed by atoms with Gasteiger partial charge in [0.1, 0.15) is 5.75 Å².